The monoisotopic (exact) mass is 326 g/mol. The molecule has 0 saturated heterocycles. The Balaban J connectivity index is 2.19. The van der Waals surface area contributed by atoms with Crippen LogP contribution in [0.5, 0.6) is 0 Å². The number of methoxy groups -OCH3 is 1. The van der Waals surface area contributed by atoms with E-state index in [-0.39, 0.29) is 6.42 Å². The molecule has 0 aliphatic carbocycles. The maximum atomic E-state index is 10.9. The van der Waals surface area contributed by atoms with Crippen molar-refractivity contribution in [3.8, 4) is 0 Å². The first-order valence-corrected chi connectivity index (χ1v) is 7.52. The average molecular weight is 326 g/mol. The highest BCUT2D eigenvalue weighted by molar-refractivity contribution is 7.15. The van der Waals surface area contributed by atoms with Gasteiger partial charge in [-0.3, -0.25) is 4.79 Å². The van der Waals surface area contributed by atoms with Crippen molar-refractivity contribution in [1.29, 1.82) is 0 Å². The minimum absolute atomic E-state index is 0.0164. The van der Waals surface area contributed by atoms with Gasteiger partial charge in [0.2, 0.25) is 5.13 Å². The molecule has 120 valence electrons. The number of aliphatic carboxylic acids is 1. The molecule has 0 unspecified atom stereocenters. The average Bonchev–Trinajstić information content (AvgIpc) is 3.04. The third-order valence-electron chi connectivity index (χ3n) is 3.12. The molecule has 8 nitrogen and oxygen atoms in total. The maximum absolute atomic E-state index is 10.9. The fourth-order valence-electron chi connectivity index (χ4n) is 1.95. The van der Waals surface area contributed by atoms with Gasteiger partial charge in [0.1, 0.15) is 17.4 Å². The lowest BCUT2D eigenvalue weighted by atomic mass is 10.2. The van der Waals surface area contributed by atoms with Crippen LogP contribution < -0.4 is 4.90 Å². The van der Waals surface area contributed by atoms with Gasteiger partial charge < -0.3 is 19.3 Å². The zero-order chi connectivity index (χ0) is 16.1. The van der Waals surface area contributed by atoms with E-state index in [4.69, 9.17) is 14.4 Å². The van der Waals surface area contributed by atoms with Gasteiger partial charge in [-0.05, 0) is 13.8 Å². The number of hydrogen-bond donors (Lipinski definition) is 1. The second-order valence-electron chi connectivity index (χ2n) is 4.78. The van der Waals surface area contributed by atoms with Gasteiger partial charge in [0, 0.05) is 19.2 Å². The molecule has 0 aliphatic heterocycles. The van der Waals surface area contributed by atoms with Crippen molar-refractivity contribution in [1.82, 2.24) is 15.4 Å². The minimum atomic E-state index is -0.856. The molecular formula is C13H18N4O4S. The van der Waals surface area contributed by atoms with E-state index >= 15 is 0 Å². The largest absolute Gasteiger partial charge is 0.481 e. The van der Waals surface area contributed by atoms with E-state index in [0.717, 1.165) is 22.0 Å². The predicted octanol–water partition coefficient (Wildman–Crippen LogP) is 1.77. The van der Waals surface area contributed by atoms with E-state index in [1.807, 2.05) is 18.7 Å². The zero-order valence-corrected chi connectivity index (χ0v) is 13.5. The number of carbonyl (C=O) groups is 1. The topological polar surface area (TPSA) is 102 Å². The minimum Gasteiger partial charge on any atom is -0.481 e. The van der Waals surface area contributed by atoms with Gasteiger partial charge in [-0.2, -0.15) is 0 Å². The van der Waals surface area contributed by atoms with Gasteiger partial charge in [-0.1, -0.05) is 16.5 Å². The highest BCUT2D eigenvalue weighted by Gasteiger charge is 2.18. The summed E-state index contributed by atoms with van der Waals surface area (Å²) in [7, 11) is 1.59. The van der Waals surface area contributed by atoms with Crippen molar-refractivity contribution in [3.05, 3.63) is 22.0 Å². The molecule has 2 rings (SSSR count). The molecule has 2 heterocycles. The summed E-state index contributed by atoms with van der Waals surface area (Å²) in [5, 5.41) is 22.4. The lowest BCUT2D eigenvalue weighted by Crippen LogP contribution is -2.26. The second kappa shape index (κ2) is 7.32. The van der Waals surface area contributed by atoms with Crippen LogP contribution in [0.15, 0.2) is 4.52 Å². The molecule has 0 aliphatic rings. The van der Waals surface area contributed by atoms with Crippen LogP contribution in [-0.2, 0) is 22.7 Å². The predicted molar refractivity (Wildman–Crippen MR) is 79.9 cm³/mol. The van der Waals surface area contributed by atoms with Gasteiger partial charge in [0.05, 0.1) is 18.7 Å². The third-order valence-corrected chi connectivity index (χ3v) is 4.08. The molecule has 0 radical (unpaired) electrons. The Labute approximate surface area is 131 Å². The van der Waals surface area contributed by atoms with Crippen molar-refractivity contribution < 1.29 is 19.2 Å². The van der Waals surface area contributed by atoms with Crippen LogP contribution in [-0.4, -0.2) is 40.1 Å². The highest BCUT2D eigenvalue weighted by atomic mass is 32.1. The number of carboxylic acids is 1. The zero-order valence-electron chi connectivity index (χ0n) is 12.7. The molecule has 22 heavy (non-hydrogen) atoms. The summed E-state index contributed by atoms with van der Waals surface area (Å²) in [6, 6.07) is 0. The summed E-state index contributed by atoms with van der Waals surface area (Å²) in [4.78, 5) is 12.7. The van der Waals surface area contributed by atoms with E-state index in [0.29, 0.717) is 24.8 Å². The van der Waals surface area contributed by atoms with Crippen LogP contribution in [0.1, 0.15) is 28.4 Å². The number of carboxylic acid groups (broad SMARTS) is 1. The molecule has 0 bridgehead atoms. The second-order valence-corrected chi connectivity index (χ2v) is 5.82. The van der Waals surface area contributed by atoms with Crippen molar-refractivity contribution >= 4 is 22.4 Å². The molecule has 9 heteroatoms. The van der Waals surface area contributed by atoms with E-state index in [1.165, 1.54) is 11.3 Å². The standard InChI is InChI=1S/C13H18N4O4S/c1-8-10(9(2)21-16-8)6-17(5-4-12(18)19)13-15-14-11(22-13)7-20-3/h4-7H2,1-3H3,(H,18,19). The van der Waals surface area contributed by atoms with Crippen LogP contribution in [0, 0.1) is 13.8 Å². The summed E-state index contributed by atoms with van der Waals surface area (Å²) in [6.07, 6.45) is 0.0164. The molecule has 0 saturated carbocycles. The SMILES string of the molecule is COCc1nnc(N(CCC(=O)O)Cc2c(C)noc2C)s1. The Hall–Kier alpha value is -2.00. The number of aromatic nitrogens is 3. The van der Waals surface area contributed by atoms with Crippen molar-refractivity contribution in [2.24, 2.45) is 0 Å². The van der Waals surface area contributed by atoms with Gasteiger partial charge in [-0.25, -0.2) is 0 Å². The number of rotatable bonds is 8. The molecule has 0 amide bonds. The maximum Gasteiger partial charge on any atom is 0.305 e. The van der Waals surface area contributed by atoms with Crippen LogP contribution in [0.2, 0.25) is 0 Å². The van der Waals surface area contributed by atoms with Gasteiger partial charge in [0.15, 0.2) is 0 Å². The Morgan fingerprint density at radius 1 is 1.41 bits per heavy atom. The number of hydrogen-bond acceptors (Lipinski definition) is 8. The Morgan fingerprint density at radius 3 is 2.77 bits per heavy atom. The van der Waals surface area contributed by atoms with Gasteiger partial charge >= 0.3 is 5.97 Å². The van der Waals surface area contributed by atoms with E-state index < -0.39 is 5.97 Å². The number of aryl methyl sites for hydroxylation is 2. The first-order chi connectivity index (χ1) is 10.5. The van der Waals surface area contributed by atoms with Gasteiger partial charge in [-0.15, -0.1) is 10.2 Å². The summed E-state index contributed by atoms with van der Waals surface area (Å²) in [5.74, 6) is -0.134. The fraction of sp³-hybridized carbons (Fsp3) is 0.538. The molecule has 0 atom stereocenters. The Bertz CT molecular complexity index is 620. The summed E-state index contributed by atoms with van der Waals surface area (Å²) in [5.41, 5.74) is 1.73. The lowest BCUT2D eigenvalue weighted by Gasteiger charge is -2.20. The van der Waals surface area contributed by atoms with Crippen LogP contribution >= 0.6 is 11.3 Å². The summed E-state index contributed by atoms with van der Waals surface area (Å²) < 4.78 is 10.2. The third kappa shape index (κ3) is 4.01. The lowest BCUT2D eigenvalue weighted by molar-refractivity contribution is -0.136. The van der Waals surface area contributed by atoms with E-state index in [2.05, 4.69) is 15.4 Å². The Morgan fingerprint density at radius 2 is 2.18 bits per heavy atom. The summed E-state index contributed by atoms with van der Waals surface area (Å²) in [6.45, 7) is 4.89. The van der Waals surface area contributed by atoms with Crippen LogP contribution in [0.25, 0.3) is 0 Å². The molecule has 0 aromatic carbocycles. The molecular weight excluding hydrogens is 308 g/mol. The van der Waals surface area contributed by atoms with Crippen LogP contribution in [0.4, 0.5) is 5.13 Å². The Kier molecular flexibility index (Phi) is 5.45. The molecule has 0 spiro atoms. The first kappa shape index (κ1) is 16.4. The van der Waals surface area contributed by atoms with Crippen molar-refractivity contribution in [2.75, 3.05) is 18.6 Å². The number of nitrogens with zero attached hydrogens (tertiary/aromatic N) is 4. The normalized spacial score (nSPS) is 10.9. The first-order valence-electron chi connectivity index (χ1n) is 6.71. The van der Waals surface area contributed by atoms with E-state index in [9.17, 15) is 4.79 Å². The molecule has 2 aromatic heterocycles. The highest BCUT2D eigenvalue weighted by Crippen LogP contribution is 2.25. The number of anilines is 1. The van der Waals surface area contributed by atoms with Gasteiger partial charge in [0.25, 0.3) is 0 Å². The van der Waals surface area contributed by atoms with Crippen molar-refractivity contribution in [3.63, 3.8) is 0 Å². The van der Waals surface area contributed by atoms with E-state index in [1.54, 1.807) is 7.11 Å². The molecule has 0 fully saturated rings. The molecule has 1 N–H and O–H groups in total. The quantitative estimate of drug-likeness (QED) is 0.783. The summed E-state index contributed by atoms with van der Waals surface area (Å²) >= 11 is 1.39. The molecule has 2 aromatic rings. The number of ether oxygens (including phenoxy) is 1. The fourth-order valence-corrected chi connectivity index (χ4v) is 2.78. The van der Waals surface area contributed by atoms with Crippen LogP contribution in [0.3, 0.4) is 0 Å². The van der Waals surface area contributed by atoms with Crippen molar-refractivity contribution in [2.45, 2.75) is 33.4 Å². The smallest absolute Gasteiger partial charge is 0.305 e.